The van der Waals surface area contributed by atoms with Gasteiger partial charge in [0, 0.05) is 32.7 Å². The molecule has 0 bridgehead atoms. The van der Waals surface area contributed by atoms with E-state index in [0.29, 0.717) is 6.61 Å². The van der Waals surface area contributed by atoms with Crippen molar-refractivity contribution in [1.82, 2.24) is 10.2 Å². The Morgan fingerprint density at radius 1 is 1.22 bits per heavy atom. The SMILES string of the molecule is CCCNC(=O)[C@H](C)N1CCN(c2ccccc2OCC)CC1. The first-order chi connectivity index (χ1) is 11.2. The van der Waals surface area contributed by atoms with Gasteiger partial charge in [-0.1, -0.05) is 19.1 Å². The number of carbonyl (C=O) groups excluding carboxylic acids is 1. The maximum Gasteiger partial charge on any atom is 0.237 e. The molecule has 0 unspecified atom stereocenters. The normalized spacial score (nSPS) is 16.9. The van der Waals surface area contributed by atoms with E-state index in [9.17, 15) is 4.79 Å². The number of carbonyl (C=O) groups is 1. The van der Waals surface area contributed by atoms with Gasteiger partial charge >= 0.3 is 0 Å². The Hall–Kier alpha value is -1.75. The molecule has 0 saturated carbocycles. The van der Waals surface area contributed by atoms with Crippen LogP contribution in [-0.2, 0) is 4.79 Å². The highest BCUT2D eigenvalue weighted by atomic mass is 16.5. The Bertz CT molecular complexity index is 499. The third-order valence-corrected chi connectivity index (χ3v) is 4.30. The van der Waals surface area contributed by atoms with E-state index in [1.165, 1.54) is 0 Å². The maximum atomic E-state index is 12.1. The summed E-state index contributed by atoms with van der Waals surface area (Å²) in [6, 6.07) is 8.12. The Labute approximate surface area is 139 Å². The quantitative estimate of drug-likeness (QED) is 0.836. The summed E-state index contributed by atoms with van der Waals surface area (Å²) in [5.74, 6) is 1.08. The van der Waals surface area contributed by atoms with Crippen molar-refractivity contribution >= 4 is 11.6 Å². The highest BCUT2D eigenvalue weighted by Gasteiger charge is 2.26. The van der Waals surface area contributed by atoms with Crippen LogP contribution >= 0.6 is 0 Å². The van der Waals surface area contributed by atoms with Crippen molar-refractivity contribution < 1.29 is 9.53 Å². The van der Waals surface area contributed by atoms with Gasteiger partial charge in [0.05, 0.1) is 18.3 Å². The fraction of sp³-hybridized carbons (Fsp3) is 0.611. The van der Waals surface area contributed by atoms with Crippen molar-refractivity contribution in [3.63, 3.8) is 0 Å². The lowest BCUT2D eigenvalue weighted by atomic mass is 10.2. The number of benzene rings is 1. The molecule has 1 N–H and O–H groups in total. The minimum Gasteiger partial charge on any atom is -0.492 e. The summed E-state index contributed by atoms with van der Waals surface area (Å²) in [5.41, 5.74) is 1.15. The standard InChI is InChI=1S/C18H29N3O2/c1-4-10-19-18(22)15(3)20-11-13-21(14-12-20)16-8-6-7-9-17(16)23-5-2/h6-9,15H,4-5,10-14H2,1-3H3,(H,19,22)/t15-/m0/s1. The Balaban J connectivity index is 1.92. The Kier molecular flexibility index (Phi) is 6.71. The van der Waals surface area contributed by atoms with Gasteiger partial charge in [-0.3, -0.25) is 9.69 Å². The highest BCUT2D eigenvalue weighted by Crippen LogP contribution is 2.29. The lowest BCUT2D eigenvalue weighted by Gasteiger charge is -2.39. The number of nitrogens with one attached hydrogen (secondary N) is 1. The van der Waals surface area contributed by atoms with Gasteiger partial charge in [0.1, 0.15) is 5.75 Å². The van der Waals surface area contributed by atoms with Gasteiger partial charge in [0.15, 0.2) is 0 Å². The summed E-state index contributed by atoms with van der Waals surface area (Å²) in [5, 5.41) is 2.98. The van der Waals surface area contributed by atoms with Gasteiger partial charge in [-0.2, -0.15) is 0 Å². The second kappa shape index (κ2) is 8.77. The van der Waals surface area contributed by atoms with Crippen LogP contribution in [0.25, 0.3) is 0 Å². The molecular weight excluding hydrogens is 290 g/mol. The molecule has 1 heterocycles. The first-order valence-corrected chi connectivity index (χ1v) is 8.65. The molecule has 1 amide bonds. The highest BCUT2D eigenvalue weighted by molar-refractivity contribution is 5.81. The first-order valence-electron chi connectivity index (χ1n) is 8.65. The number of rotatable bonds is 7. The van der Waals surface area contributed by atoms with E-state index in [1.54, 1.807) is 0 Å². The van der Waals surface area contributed by atoms with Gasteiger partial charge in [-0.25, -0.2) is 0 Å². The number of ether oxygens (including phenoxy) is 1. The molecule has 1 fully saturated rings. The molecule has 1 saturated heterocycles. The lowest BCUT2D eigenvalue weighted by molar-refractivity contribution is -0.126. The predicted octanol–water partition coefficient (Wildman–Crippen LogP) is 2.12. The van der Waals surface area contributed by atoms with E-state index in [-0.39, 0.29) is 11.9 Å². The molecule has 0 spiro atoms. The summed E-state index contributed by atoms with van der Waals surface area (Å²) in [7, 11) is 0. The summed E-state index contributed by atoms with van der Waals surface area (Å²) in [4.78, 5) is 16.7. The molecule has 2 rings (SSSR count). The van der Waals surface area contributed by atoms with Crippen LogP contribution in [0.4, 0.5) is 5.69 Å². The molecule has 23 heavy (non-hydrogen) atoms. The largest absolute Gasteiger partial charge is 0.492 e. The van der Waals surface area contributed by atoms with E-state index in [0.717, 1.165) is 50.6 Å². The van der Waals surface area contributed by atoms with E-state index in [2.05, 4.69) is 28.1 Å². The van der Waals surface area contributed by atoms with Crippen molar-refractivity contribution in [2.24, 2.45) is 0 Å². The van der Waals surface area contributed by atoms with Crippen molar-refractivity contribution in [1.29, 1.82) is 0 Å². The third-order valence-electron chi connectivity index (χ3n) is 4.30. The van der Waals surface area contributed by atoms with Crippen LogP contribution in [0.1, 0.15) is 27.2 Å². The van der Waals surface area contributed by atoms with Gasteiger partial charge in [-0.05, 0) is 32.4 Å². The zero-order chi connectivity index (χ0) is 16.7. The summed E-state index contributed by atoms with van der Waals surface area (Å²) in [6.45, 7) is 11.1. The fourth-order valence-electron chi connectivity index (χ4n) is 2.91. The zero-order valence-corrected chi connectivity index (χ0v) is 14.5. The molecule has 1 aromatic rings. The van der Waals surface area contributed by atoms with Gasteiger partial charge < -0.3 is 15.0 Å². The molecule has 1 aliphatic rings. The van der Waals surface area contributed by atoms with Crippen LogP contribution in [0.15, 0.2) is 24.3 Å². The average Bonchev–Trinajstić information content (AvgIpc) is 2.60. The van der Waals surface area contributed by atoms with Crippen molar-refractivity contribution in [2.75, 3.05) is 44.2 Å². The minimum absolute atomic E-state index is 0.0640. The van der Waals surface area contributed by atoms with E-state index in [4.69, 9.17) is 4.74 Å². The number of piperazine rings is 1. The molecule has 5 heteroatoms. The number of nitrogens with zero attached hydrogens (tertiary/aromatic N) is 2. The van der Waals surface area contributed by atoms with E-state index < -0.39 is 0 Å². The first kappa shape index (κ1) is 17.6. The molecule has 5 nitrogen and oxygen atoms in total. The predicted molar refractivity (Wildman–Crippen MR) is 94.2 cm³/mol. The topological polar surface area (TPSA) is 44.8 Å². The minimum atomic E-state index is -0.0640. The summed E-state index contributed by atoms with van der Waals surface area (Å²) in [6.07, 6.45) is 0.973. The molecule has 128 valence electrons. The average molecular weight is 319 g/mol. The number of hydrogen-bond donors (Lipinski definition) is 1. The van der Waals surface area contributed by atoms with Crippen molar-refractivity contribution in [3.05, 3.63) is 24.3 Å². The molecule has 1 aliphatic heterocycles. The van der Waals surface area contributed by atoms with Gasteiger partial charge in [0.2, 0.25) is 5.91 Å². The Morgan fingerprint density at radius 3 is 2.57 bits per heavy atom. The number of amides is 1. The molecule has 0 radical (unpaired) electrons. The van der Waals surface area contributed by atoms with E-state index >= 15 is 0 Å². The van der Waals surface area contributed by atoms with Crippen LogP contribution in [0.2, 0.25) is 0 Å². The molecule has 0 aromatic heterocycles. The van der Waals surface area contributed by atoms with Crippen molar-refractivity contribution in [3.8, 4) is 5.75 Å². The zero-order valence-electron chi connectivity index (χ0n) is 14.5. The third kappa shape index (κ3) is 4.61. The number of anilines is 1. The monoisotopic (exact) mass is 319 g/mol. The van der Waals surface area contributed by atoms with Gasteiger partial charge in [0.25, 0.3) is 0 Å². The molecule has 1 aromatic carbocycles. The summed E-state index contributed by atoms with van der Waals surface area (Å²) < 4.78 is 5.73. The lowest BCUT2D eigenvalue weighted by Crippen LogP contribution is -2.54. The van der Waals surface area contributed by atoms with E-state index in [1.807, 2.05) is 32.0 Å². The second-order valence-electron chi connectivity index (χ2n) is 5.89. The van der Waals surface area contributed by atoms with Crippen LogP contribution in [0.5, 0.6) is 5.75 Å². The molecular formula is C18H29N3O2. The van der Waals surface area contributed by atoms with Crippen LogP contribution in [-0.4, -0.2) is 56.2 Å². The maximum absolute atomic E-state index is 12.1. The van der Waals surface area contributed by atoms with Crippen molar-refractivity contribution in [2.45, 2.75) is 33.2 Å². The molecule has 0 aliphatic carbocycles. The van der Waals surface area contributed by atoms with Crippen LogP contribution in [0.3, 0.4) is 0 Å². The summed E-state index contributed by atoms with van der Waals surface area (Å²) >= 11 is 0. The fourth-order valence-corrected chi connectivity index (χ4v) is 2.91. The van der Waals surface area contributed by atoms with Gasteiger partial charge in [-0.15, -0.1) is 0 Å². The Morgan fingerprint density at radius 2 is 1.91 bits per heavy atom. The number of hydrogen-bond acceptors (Lipinski definition) is 4. The smallest absolute Gasteiger partial charge is 0.237 e. The molecule has 1 atom stereocenters. The number of para-hydroxylation sites is 2. The second-order valence-corrected chi connectivity index (χ2v) is 5.89. The van der Waals surface area contributed by atoms with Crippen LogP contribution < -0.4 is 15.0 Å². The van der Waals surface area contributed by atoms with Crippen LogP contribution in [0, 0.1) is 0 Å².